The van der Waals surface area contributed by atoms with Crippen molar-refractivity contribution in [1.29, 1.82) is 0 Å². The number of nitrogens with two attached hydrogens (primary N) is 1. The highest BCUT2D eigenvalue weighted by Gasteiger charge is 2.39. The molecule has 0 heterocycles. The lowest BCUT2D eigenvalue weighted by Gasteiger charge is -2.30. The maximum absolute atomic E-state index is 12.3. The van der Waals surface area contributed by atoms with Gasteiger partial charge in [0.05, 0.1) is 7.11 Å². The summed E-state index contributed by atoms with van der Waals surface area (Å²) in [5.41, 5.74) is 7.39. The highest BCUT2D eigenvalue weighted by Crippen LogP contribution is 2.31. The van der Waals surface area contributed by atoms with Gasteiger partial charge in [-0.05, 0) is 24.8 Å². The van der Waals surface area contributed by atoms with Crippen molar-refractivity contribution in [2.75, 3.05) is 13.7 Å². The largest absolute Gasteiger partial charge is 0.468 e. The summed E-state index contributed by atoms with van der Waals surface area (Å²) in [5.74, 6) is 0.397. The zero-order valence-electron chi connectivity index (χ0n) is 13.1. The first-order valence-electron chi connectivity index (χ1n) is 7.32. The van der Waals surface area contributed by atoms with Gasteiger partial charge in [0, 0.05) is 6.54 Å². The Balaban J connectivity index is 3.04. The van der Waals surface area contributed by atoms with E-state index in [4.69, 9.17) is 10.5 Å². The van der Waals surface area contributed by atoms with Gasteiger partial charge in [0.15, 0.2) is 0 Å². The lowest BCUT2D eigenvalue weighted by atomic mass is 9.75. The normalized spacial score (nSPS) is 14.1. The number of ether oxygens (including phenoxy) is 1. The Morgan fingerprint density at radius 2 is 1.90 bits per heavy atom. The Bertz CT molecular complexity index is 425. The third-order valence-electron chi connectivity index (χ3n) is 3.91. The van der Waals surface area contributed by atoms with Crippen LogP contribution in [-0.2, 0) is 14.9 Å². The van der Waals surface area contributed by atoms with Crippen molar-refractivity contribution in [3.8, 4) is 0 Å². The average molecular weight is 277 g/mol. The van der Waals surface area contributed by atoms with E-state index >= 15 is 0 Å². The predicted octanol–water partition coefficient (Wildman–Crippen LogP) is 3.19. The van der Waals surface area contributed by atoms with Gasteiger partial charge < -0.3 is 10.5 Å². The molecule has 1 aromatic rings. The summed E-state index contributed by atoms with van der Waals surface area (Å²) in [5, 5.41) is 0. The van der Waals surface area contributed by atoms with Gasteiger partial charge in [0.2, 0.25) is 0 Å². The van der Waals surface area contributed by atoms with Crippen LogP contribution >= 0.6 is 0 Å². The van der Waals surface area contributed by atoms with Crippen molar-refractivity contribution in [2.24, 2.45) is 11.7 Å². The number of aryl methyl sites for hydroxylation is 1. The molecule has 0 radical (unpaired) electrons. The predicted molar refractivity (Wildman–Crippen MR) is 82.6 cm³/mol. The molecule has 1 atom stereocenters. The van der Waals surface area contributed by atoms with Crippen LogP contribution in [0, 0.1) is 12.8 Å². The fraction of sp³-hybridized carbons (Fsp3) is 0.588. The Morgan fingerprint density at radius 1 is 1.30 bits per heavy atom. The van der Waals surface area contributed by atoms with Crippen LogP contribution in [0.3, 0.4) is 0 Å². The van der Waals surface area contributed by atoms with Crippen LogP contribution in [0.1, 0.15) is 44.2 Å². The topological polar surface area (TPSA) is 52.3 Å². The second-order valence-corrected chi connectivity index (χ2v) is 5.93. The Hall–Kier alpha value is -1.35. The zero-order valence-corrected chi connectivity index (χ0v) is 13.1. The third kappa shape index (κ3) is 3.83. The van der Waals surface area contributed by atoms with Crippen LogP contribution in [0.2, 0.25) is 0 Å². The van der Waals surface area contributed by atoms with E-state index in [0.29, 0.717) is 5.92 Å². The number of hydrogen-bond donors (Lipinski definition) is 1. The third-order valence-corrected chi connectivity index (χ3v) is 3.91. The molecular weight excluding hydrogens is 250 g/mol. The molecule has 3 nitrogen and oxygen atoms in total. The number of hydrogen-bond acceptors (Lipinski definition) is 3. The second kappa shape index (κ2) is 7.44. The van der Waals surface area contributed by atoms with Gasteiger partial charge in [-0.2, -0.15) is 0 Å². The highest BCUT2D eigenvalue weighted by molar-refractivity contribution is 5.83. The molecular formula is C17H27NO2. The maximum atomic E-state index is 12.3. The van der Waals surface area contributed by atoms with Crippen molar-refractivity contribution < 1.29 is 9.53 Å². The van der Waals surface area contributed by atoms with E-state index < -0.39 is 5.41 Å². The lowest BCUT2D eigenvalue weighted by Crippen LogP contribution is -2.44. The first-order chi connectivity index (χ1) is 9.46. The molecule has 1 rings (SSSR count). The van der Waals surface area contributed by atoms with Gasteiger partial charge >= 0.3 is 5.97 Å². The van der Waals surface area contributed by atoms with Gasteiger partial charge in [-0.3, -0.25) is 4.79 Å². The van der Waals surface area contributed by atoms with E-state index in [2.05, 4.69) is 13.8 Å². The van der Waals surface area contributed by atoms with E-state index in [9.17, 15) is 4.79 Å². The first kappa shape index (κ1) is 16.7. The van der Waals surface area contributed by atoms with Gasteiger partial charge in [-0.15, -0.1) is 0 Å². The molecule has 3 heteroatoms. The highest BCUT2D eigenvalue weighted by atomic mass is 16.5. The van der Waals surface area contributed by atoms with Crippen LogP contribution in [0.25, 0.3) is 0 Å². The summed E-state index contributed by atoms with van der Waals surface area (Å²) in [6.07, 6.45) is 2.79. The zero-order chi connectivity index (χ0) is 15.2. The molecule has 20 heavy (non-hydrogen) atoms. The lowest BCUT2D eigenvalue weighted by molar-refractivity contribution is -0.147. The number of rotatable bonds is 7. The second-order valence-electron chi connectivity index (χ2n) is 5.93. The minimum Gasteiger partial charge on any atom is -0.468 e. The fourth-order valence-corrected chi connectivity index (χ4v) is 2.55. The van der Waals surface area contributed by atoms with Crippen LogP contribution < -0.4 is 5.73 Å². The monoisotopic (exact) mass is 277 g/mol. The molecule has 0 aliphatic carbocycles. The van der Waals surface area contributed by atoms with E-state index in [1.807, 2.05) is 31.2 Å². The van der Waals surface area contributed by atoms with Gasteiger partial charge in [-0.25, -0.2) is 0 Å². The molecule has 1 unspecified atom stereocenters. The van der Waals surface area contributed by atoms with Crippen molar-refractivity contribution in [2.45, 2.75) is 45.4 Å². The van der Waals surface area contributed by atoms with Crippen molar-refractivity contribution in [3.63, 3.8) is 0 Å². The number of carbonyl (C=O) groups is 1. The molecule has 0 fully saturated rings. The molecule has 0 bridgehead atoms. The molecule has 0 amide bonds. The van der Waals surface area contributed by atoms with Gasteiger partial charge in [0.25, 0.3) is 0 Å². The van der Waals surface area contributed by atoms with Crippen LogP contribution in [0.4, 0.5) is 0 Å². The minimum atomic E-state index is -0.711. The molecule has 0 aliphatic heterocycles. The fourth-order valence-electron chi connectivity index (χ4n) is 2.55. The molecule has 0 saturated carbocycles. The number of benzene rings is 1. The van der Waals surface area contributed by atoms with Crippen LogP contribution in [-0.4, -0.2) is 19.6 Å². The molecule has 0 spiro atoms. The van der Waals surface area contributed by atoms with E-state index in [0.717, 1.165) is 24.8 Å². The van der Waals surface area contributed by atoms with Crippen molar-refractivity contribution >= 4 is 5.97 Å². The number of carbonyl (C=O) groups excluding carboxylic acids is 1. The first-order valence-corrected chi connectivity index (χ1v) is 7.32. The van der Waals surface area contributed by atoms with Crippen LogP contribution in [0.15, 0.2) is 24.3 Å². The van der Waals surface area contributed by atoms with Gasteiger partial charge in [-0.1, -0.05) is 56.5 Å². The average Bonchev–Trinajstić information content (AvgIpc) is 2.44. The Morgan fingerprint density at radius 3 is 2.35 bits per heavy atom. The molecule has 2 N–H and O–H groups in total. The summed E-state index contributed by atoms with van der Waals surface area (Å²) in [6.45, 7) is 6.69. The molecule has 112 valence electrons. The summed E-state index contributed by atoms with van der Waals surface area (Å²) >= 11 is 0. The van der Waals surface area contributed by atoms with Crippen molar-refractivity contribution in [1.82, 2.24) is 0 Å². The maximum Gasteiger partial charge on any atom is 0.317 e. The number of methoxy groups -OCH3 is 1. The smallest absolute Gasteiger partial charge is 0.317 e. The molecule has 0 aliphatic rings. The number of esters is 1. The van der Waals surface area contributed by atoms with E-state index in [-0.39, 0.29) is 12.5 Å². The summed E-state index contributed by atoms with van der Waals surface area (Å²) in [7, 11) is 1.43. The van der Waals surface area contributed by atoms with Gasteiger partial charge in [0.1, 0.15) is 5.41 Å². The Labute approximate surface area is 122 Å². The summed E-state index contributed by atoms with van der Waals surface area (Å²) in [4.78, 5) is 12.3. The van der Waals surface area contributed by atoms with E-state index in [1.165, 1.54) is 12.7 Å². The summed E-state index contributed by atoms with van der Waals surface area (Å²) in [6, 6.07) is 8.03. The summed E-state index contributed by atoms with van der Waals surface area (Å²) < 4.78 is 5.03. The molecule has 0 aromatic heterocycles. The minimum absolute atomic E-state index is 0.229. The molecule has 1 aromatic carbocycles. The van der Waals surface area contributed by atoms with Crippen LogP contribution in [0.5, 0.6) is 0 Å². The molecule has 0 saturated heterocycles. The standard InChI is InChI=1S/C17H27NO2/c1-13(2)6-5-11-17(12-18,16(19)20-4)15-9-7-14(3)8-10-15/h7-10,13H,5-6,11-12,18H2,1-4H3. The Kier molecular flexibility index (Phi) is 6.21. The SMILES string of the molecule is COC(=O)C(CN)(CCCC(C)C)c1ccc(C)cc1. The van der Waals surface area contributed by atoms with E-state index in [1.54, 1.807) is 0 Å². The van der Waals surface area contributed by atoms with Crippen molar-refractivity contribution in [3.05, 3.63) is 35.4 Å². The quantitative estimate of drug-likeness (QED) is 0.779.